The molecule has 0 unspecified atom stereocenters. The van der Waals surface area contributed by atoms with Crippen molar-refractivity contribution in [2.75, 3.05) is 31.7 Å². The van der Waals surface area contributed by atoms with E-state index in [0.29, 0.717) is 6.04 Å². The van der Waals surface area contributed by atoms with Gasteiger partial charge >= 0.3 is 0 Å². The molecular formula is C17H27ClN2O. The van der Waals surface area contributed by atoms with E-state index in [9.17, 15) is 0 Å². The van der Waals surface area contributed by atoms with Crippen molar-refractivity contribution in [3.8, 4) is 0 Å². The second-order valence-electron chi connectivity index (χ2n) is 5.73. The summed E-state index contributed by atoms with van der Waals surface area (Å²) in [6.45, 7) is 5.79. The predicted octanol–water partition coefficient (Wildman–Crippen LogP) is 3.84. The molecular weight excluding hydrogens is 284 g/mol. The minimum Gasteiger partial charge on any atom is -0.383 e. The first-order chi connectivity index (χ1) is 10.3. The van der Waals surface area contributed by atoms with Crippen LogP contribution < -0.4 is 10.2 Å². The van der Waals surface area contributed by atoms with Crippen LogP contribution in [-0.2, 0) is 11.3 Å². The molecule has 21 heavy (non-hydrogen) atoms. The quantitative estimate of drug-likeness (QED) is 0.664. The summed E-state index contributed by atoms with van der Waals surface area (Å²) in [4.78, 5) is 2.49. The van der Waals surface area contributed by atoms with E-state index in [1.165, 1.54) is 36.9 Å². The summed E-state index contributed by atoms with van der Waals surface area (Å²) < 4.78 is 5.03. The molecule has 1 aliphatic rings. The Morgan fingerprint density at radius 1 is 1.38 bits per heavy atom. The third kappa shape index (κ3) is 5.17. The Hall–Kier alpha value is -0.770. The van der Waals surface area contributed by atoms with Gasteiger partial charge in [-0.2, -0.15) is 0 Å². The normalized spacial score (nSPS) is 14.4. The number of nitrogens with one attached hydrogen (secondary N) is 1. The molecule has 2 rings (SSSR count). The SMILES string of the molecule is CCCCN(c1ccc(CNCCOC)cc1Cl)C1CC1. The molecule has 118 valence electrons. The standard InChI is InChI=1S/C17H27ClN2O/c1-3-4-10-20(15-6-7-15)17-8-5-14(12-16(17)18)13-19-9-11-21-2/h5,8,12,15,19H,3-4,6-7,9-11,13H2,1-2H3. The Kier molecular flexibility index (Phi) is 6.81. The first-order valence-corrected chi connectivity index (χ1v) is 8.38. The maximum Gasteiger partial charge on any atom is 0.0642 e. The molecule has 1 aromatic rings. The van der Waals surface area contributed by atoms with E-state index in [2.05, 4.69) is 35.3 Å². The van der Waals surface area contributed by atoms with Crippen LogP contribution in [-0.4, -0.2) is 32.8 Å². The summed E-state index contributed by atoms with van der Waals surface area (Å²) in [6.07, 6.45) is 5.07. The van der Waals surface area contributed by atoms with Gasteiger partial charge in [0.05, 0.1) is 17.3 Å². The third-order valence-corrected chi connectivity index (χ3v) is 4.18. The highest BCUT2D eigenvalue weighted by Gasteiger charge is 2.29. The largest absolute Gasteiger partial charge is 0.383 e. The van der Waals surface area contributed by atoms with Gasteiger partial charge in [0.1, 0.15) is 0 Å². The lowest BCUT2D eigenvalue weighted by atomic mass is 10.1. The molecule has 3 nitrogen and oxygen atoms in total. The Balaban J connectivity index is 1.96. The van der Waals surface area contributed by atoms with Crippen molar-refractivity contribution >= 4 is 17.3 Å². The lowest BCUT2D eigenvalue weighted by molar-refractivity contribution is 0.199. The summed E-state index contributed by atoms with van der Waals surface area (Å²) in [5, 5.41) is 4.23. The number of ether oxygens (including phenoxy) is 1. The van der Waals surface area contributed by atoms with Gasteiger partial charge in [-0.15, -0.1) is 0 Å². The van der Waals surface area contributed by atoms with Gasteiger partial charge in [-0.1, -0.05) is 31.0 Å². The molecule has 1 aliphatic carbocycles. The number of hydrogen-bond acceptors (Lipinski definition) is 3. The highest BCUT2D eigenvalue weighted by atomic mass is 35.5. The summed E-state index contributed by atoms with van der Waals surface area (Å²) in [6, 6.07) is 7.17. The number of halogens is 1. The lowest BCUT2D eigenvalue weighted by Gasteiger charge is -2.26. The van der Waals surface area contributed by atoms with Crippen molar-refractivity contribution in [1.82, 2.24) is 5.32 Å². The molecule has 0 radical (unpaired) electrons. The Morgan fingerprint density at radius 3 is 2.81 bits per heavy atom. The van der Waals surface area contributed by atoms with Crippen LogP contribution in [0.2, 0.25) is 5.02 Å². The van der Waals surface area contributed by atoms with Crippen LogP contribution in [0.3, 0.4) is 0 Å². The molecule has 0 saturated heterocycles. The van der Waals surface area contributed by atoms with Crippen LogP contribution in [0.5, 0.6) is 0 Å². The molecule has 0 amide bonds. The number of unbranched alkanes of at least 4 members (excludes halogenated alkanes) is 1. The second kappa shape index (κ2) is 8.62. The number of hydrogen-bond donors (Lipinski definition) is 1. The lowest BCUT2D eigenvalue weighted by Crippen LogP contribution is -2.27. The molecule has 4 heteroatoms. The molecule has 0 spiro atoms. The van der Waals surface area contributed by atoms with E-state index in [1.54, 1.807) is 7.11 Å². The summed E-state index contributed by atoms with van der Waals surface area (Å²) in [5.41, 5.74) is 2.43. The molecule has 0 bridgehead atoms. The van der Waals surface area contributed by atoms with Crippen molar-refractivity contribution in [2.45, 2.75) is 45.2 Å². The van der Waals surface area contributed by atoms with Gasteiger partial charge in [-0.3, -0.25) is 0 Å². The van der Waals surface area contributed by atoms with E-state index < -0.39 is 0 Å². The van der Waals surface area contributed by atoms with E-state index >= 15 is 0 Å². The van der Waals surface area contributed by atoms with Gasteiger partial charge in [0.2, 0.25) is 0 Å². The van der Waals surface area contributed by atoms with E-state index in [-0.39, 0.29) is 0 Å². The Labute approximate surface area is 133 Å². The highest BCUT2D eigenvalue weighted by molar-refractivity contribution is 6.33. The second-order valence-corrected chi connectivity index (χ2v) is 6.14. The average Bonchev–Trinajstić information content (AvgIpc) is 3.30. The third-order valence-electron chi connectivity index (χ3n) is 3.87. The predicted molar refractivity (Wildman–Crippen MR) is 90.3 cm³/mol. The molecule has 1 fully saturated rings. The fourth-order valence-electron chi connectivity index (χ4n) is 2.51. The van der Waals surface area contributed by atoms with Crippen molar-refractivity contribution in [3.63, 3.8) is 0 Å². The van der Waals surface area contributed by atoms with Gasteiger partial charge in [0, 0.05) is 32.8 Å². The van der Waals surface area contributed by atoms with Crippen molar-refractivity contribution in [1.29, 1.82) is 0 Å². The van der Waals surface area contributed by atoms with Crippen LogP contribution >= 0.6 is 11.6 Å². The molecule has 0 atom stereocenters. The monoisotopic (exact) mass is 310 g/mol. The fourth-order valence-corrected chi connectivity index (χ4v) is 2.83. The first kappa shape index (κ1) is 16.6. The topological polar surface area (TPSA) is 24.5 Å². The van der Waals surface area contributed by atoms with Gasteiger partial charge < -0.3 is 15.0 Å². The fraction of sp³-hybridized carbons (Fsp3) is 0.647. The Morgan fingerprint density at radius 2 is 2.19 bits per heavy atom. The van der Waals surface area contributed by atoms with Crippen LogP contribution in [0.25, 0.3) is 0 Å². The van der Waals surface area contributed by atoms with Gasteiger partial charge in [0.25, 0.3) is 0 Å². The molecule has 0 heterocycles. The van der Waals surface area contributed by atoms with Crippen molar-refractivity contribution < 1.29 is 4.74 Å². The number of nitrogens with zero attached hydrogens (tertiary/aromatic N) is 1. The van der Waals surface area contributed by atoms with Crippen LogP contribution in [0.15, 0.2) is 18.2 Å². The highest BCUT2D eigenvalue weighted by Crippen LogP contribution is 2.36. The van der Waals surface area contributed by atoms with E-state index in [4.69, 9.17) is 16.3 Å². The average molecular weight is 311 g/mol. The Bertz CT molecular complexity index is 435. The van der Waals surface area contributed by atoms with Crippen molar-refractivity contribution in [2.24, 2.45) is 0 Å². The number of benzene rings is 1. The van der Waals surface area contributed by atoms with Crippen LogP contribution in [0.4, 0.5) is 5.69 Å². The van der Waals surface area contributed by atoms with Crippen LogP contribution in [0, 0.1) is 0 Å². The zero-order valence-electron chi connectivity index (χ0n) is 13.2. The minimum absolute atomic E-state index is 0.708. The number of rotatable bonds is 10. The zero-order chi connectivity index (χ0) is 15.1. The molecule has 1 aromatic carbocycles. The smallest absolute Gasteiger partial charge is 0.0642 e. The minimum atomic E-state index is 0.708. The van der Waals surface area contributed by atoms with Gasteiger partial charge in [0.15, 0.2) is 0 Å². The maximum absolute atomic E-state index is 6.52. The van der Waals surface area contributed by atoms with Gasteiger partial charge in [-0.05, 0) is 37.0 Å². The van der Waals surface area contributed by atoms with Gasteiger partial charge in [-0.25, -0.2) is 0 Å². The van der Waals surface area contributed by atoms with Crippen LogP contribution in [0.1, 0.15) is 38.2 Å². The first-order valence-electron chi connectivity index (χ1n) is 8.01. The zero-order valence-corrected chi connectivity index (χ0v) is 14.0. The summed E-state index contributed by atoms with van der Waals surface area (Å²) >= 11 is 6.52. The number of anilines is 1. The van der Waals surface area contributed by atoms with E-state index in [0.717, 1.165) is 31.3 Å². The molecule has 0 aliphatic heterocycles. The summed E-state index contributed by atoms with van der Waals surface area (Å²) in [5.74, 6) is 0. The maximum atomic E-state index is 6.52. The number of methoxy groups -OCH3 is 1. The molecule has 1 N–H and O–H groups in total. The van der Waals surface area contributed by atoms with Crippen molar-refractivity contribution in [3.05, 3.63) is 28.8 Å². The molecule has 0 aromatic heterocycles. The summed E-state index contributed by atoms with van der Waals surface area (Å²) in [7, 11) is 1.72. The molecule has 1 saturated carbocycles. The van der Waals surface area contributed by atoms with E-state index in [1.807, 2.05) is 0 Å².